The third-order valence-corrected chi connectivity index (χ3v) is 7.08. The lowest BCUT2D eigenvalue weighted by molar-refractivity contribution is 0.110. The first kappa shape index (κ1) is 23.6. The van der Waals surface area contributed by atoms with E-state index in [1.165, 1.54) is 40.0 Å². The van der Waals surface area contributed by atoms with Crippen LogP contribution in [0, 0.1) is 5.92 Å². The summed E-state index contributed by atoms with van der Waals surface area (Å²) >= 11 is 0. The Morgan fingerprint density at radius 3 is 2.45 bits per heavy atom. The average Bonchev–Trinajstić information content (AvgIpc) is 3.28. The number of aromatic amines is 1. The van der Waals surface area contributed by atoms with E-state index in [9.17, 15) is 4.79 Å². The first-order valence-corrected chi connectivity index (χ1v) is 11.8. The summed E-state index contributed by atoms with van der Waals surface area (Å²) in [5.41, 5.74) is 0.289. The highest BCUT2D eigenvalue weighted by Gasteiger charge is 2.27. The van der Waals surface area contributed by atoms with Crippen molar-refractivity contribution in [1.29, 1.82) is 0 Å². The number of H-pyrrole nitrogens is 1. The summed E-state index contributed by atoms with van der Waals surface area (Å²) in [4.78, 5) is 25.4. The SMILES string of the molecule is COC[C@H]1CCCN1CCC1CCN(c2nc3cc(OC)c(OC)c(OC)c3c(=O)[nH]2)CC1. The number of piperidine rings is 1. The molecule has 1 aromatic carbocycles. The van der Waals surface area contributed by atoms with E-state index in [-0.39, 0.29) is 5.56 Å². The number of fused-ring (bicyclic) bond motifs is 1. The minimum Gasteiger partial charge on any atom is -0.493 e. The van der Waals surface area contributed by atoms with Gasteiger partial charge in [-0.2, -0.15) is 0 Å². The van der Waals surface area contributed by atoms with Crippen LogP contribution in [-0.2, 0) is 4.74 Å². The molecule has 2 aliphatic heterocycles. The summed E-state index contributed by atoms with van der Waals surface area (Å²) in [6, 6.07) is 2.31. The number of methoxy groups -OCH3 is 4. The quantitative estimate of drug-likeness (QED) is 0.611. The molecule has 0 bridgehead atoms. The molecule has 9 heteroatoms. The summed E-state index contributed by atoms with van der Waals surface area (Å²) in [6.07, 6.45) is 5.92. The van der Waals surface area contributed by atoms with Gasteiger partial charge in [0.1, 0.15) is 5.39 Å². The van der Waals surface area contributed by atoms with E-state index in [1.807, 2.05) is 0 Å². The van der Waals surface area contributed by atoms with E-state index in [0.29, 0.717) is 46.1 Å². The monoisotopic (exact) mass is 460 g/mol. The molecule has 3 heterocycles. The Morgan fingerprint density at radius 1 is 1.03 bits per heavy atom. The minimum absolute atomic E-state index is 0.242. The van der Waals surface area contributed by atoms with E-state index in [4.69, 9.17) is 23.9 Å². The molecule has 0 saturated carbocycles. The fraction of sp³-hybridized carbons (Fsp3) is 0.667. The highest BCUT2D eigenvalue weighted by Crippen LogP contribution is 2.41. The van der Waals surface area contributed by atoms with Gasteiger partial charge in [0.05, 0.1) is 33.5 Å². The van der Waals surface area contributed by atoms with Gasteiger partial charge in [-0.3, -0.25) is 14.7 Å². The topological polar surface area (TPSA) is 89.2 Å². The largest absolute Gasteiger partial charge is 0.493 e. The third-order valence-electron chi connectivity index (χ3n) is 7.08. The highest BCUT2D eigenvalue weighted by molar-refractivity contribution is 5.90. The molecule has 2 fully saturated rings. The molecule has 0 radical (unpaired) electrons. The predicted octanol–water partition coefficient (Wildman–Crippen LogP) is 2.67. The molecule has 2 aromatic rings. The van der Waals surface area contributed by atoms with Gasteiger partial charge in [0.25, 0.3) is 5.56 Å². The maximum absolute atomic E-state index is 13.0. The molecule has 0 spiro atoms. The first-order chi connectivity index (χ1) is 16.1. The van der Waals surface area contributed by atoms with Crippen molar-refractivity contribution in [3.63, 3.8) is 0 Å². The van der Waals surface area contributed by atoms with Crippen molar-refractivity contribution in [2.45, 2.75) is 38.1 Å². The van der Waals surface area contributed by atoms with E-state index in [0.717, 1.165) is 39.1 Å². The van der Waals surface area contributed by atoms with Crippen molar-refractivity contribution in [1.82, 2.24) is 14.9 Å². The molecule has 182 valence electrons. The summed E-state index contributed by atoms with van der Waals surface area (Å²) in [7, 11) is 6.38. The van der Waals surface area contributed by atoms with Crippen LogP contribution >= 0.6 is 0 Å². The maximum Gasteiger partial charge on any atom is 0.264 e. The Morgan fingerprint density at radius 2 is 1.79 bits per heavy atom. The molecular formula is C24H36N4O5. The average molecular weight is 461 g/mol. The van der Waals surface area contributed by atoms with Crippen molar-refractivity contribution in [2.75, 3.05) is 66.1 Å². The second-order valence-corrected chi connectivity index (χ2v) is 8.94. The fourth-order valence-electron chi connectivity index (χ4n) is 5.26. The zero-order valence-electron chi connectivity index (χ0n) is 20.2. The summed E-state index contributed by atoms with van der Waals surface area (Å²) in [5, 5.41) is 0.366. The lowest BCUT2D eigenvalue weighted by Crippen LogP contribution is -2.38. The van der Waals surface area contributed by atoms with Crippen molar-refractivity contribution < 1.29 is 18.9 Å². The zero-order chi connectivity index (χ0) is 23.4. The number of ether oxygens (including phenoxy) is 4. The van der Waals surface area contributed by atoms with Gasteiger partial charge in [-0.15, -0.1) is 0 Å². The molecule has 9 nitrogen and oxygen atoms in total. The lowest BCUT2D eigenvalue weighted by Gasteiger charge is -2.33. The second-order valence-electron chi connectivity index (χ2n) is 8.94. The molecule has 2 aliphatic rings. The Bertz CT molecular complexity index is 1000. The van der Waals surface area contributed by atoms with E-state index < -0.39 is 0 Å². The highest BCUT2D eigenvalue weighted by atomic mass is 16.5. The van der Waals surface area contributed by atoms with E-state index in [2.05, 4.69) is 14.8 Å². The normalized spacial score (nSPS) is 19.9. The molecule has 0 aliphatic carbocycles. The van der Waals surface area contributed by atoms with Crippen LogP contribution in [0.25, 0.3) is 10.9 Å². The number of aromatic nitrogens is 2. The molecule has 1 aromatic heterocycles. The van der Waals surface area contributed by atoms with Gasteiger partial charge in [0, 0.05) is 32.3 Å². The first-order valence-electron chi connectivity index (χ1n) is 11.8. The van der Waals surface area contributed by atoms with Crippen molar-refractivity contribution in [3.8, 4) is 17.2 Å². The number of nitrogens with zero attached hydrogens (tertiary/aromatic N) is 3. The summed E-state index contributed by atoms with van der Waals surface area (Å²) < 4.78 is 21.7. The predicted molar refractivity (Wildman–Crippen MR) is 128 cm³/mol. The van der Waals surface area contributed by atoms with Gasteiger partial charge in [0.2, 0.25) is 11.7 Å². The molecule has 1 atom stereocenters. The molecule has 0 unspecified atom stereocenters. The zero-order valence-corrected chi connectivity index (χ0v) is 20.2. The smallest absolute Gasteiger partial charge is 0.264 e. The van der Waals surface area contributed by atoms with Gasteiger partial charge in [-0.25, -0.2) is 4.98 Å². The number of benzene rings is 1. The van der Waals surface area contributed by atoms with Gasteiger partial charge in [-0.1, -0.05) is 0 Å². The fourth-order valence-corrected chi connectivity index (χ4v) is 5.26. The van der Waals surface area contributed by atoms with Crippen LogP contribution in [0.15, 0.2) is 10.9 Å². The van der Waals surface area contributed by atoms with Crippen LogP contribution in [0.4, 0.5) is 5.95 Å². The van der Waals surface area contributed by atoms with Gasteiger partial charge in [0.15, 0.2) is 11.5 Å². The summed E-state index contributed by atoms with van der Waals surface area (Å²) in [5.74, 6) is 2.50. The number of hydrogen-bond acceptors (Lipinski definition) is 8. The van der Waals surface area contributed by atoms with Gasteiger partial charge in [-0.05, 0) is 51.1 Å². The van der Waals surface area contributed by atoms with E-state index >= 15 is 0 Å². The second kappa shape index (κ2) is 10.6. The van der Waals surface area contributed by atoms with Crippen LogP contribution < -0.4 is 24.7 Å². The Hall–Kier alpha value is -2.52. The van der Waals surface area contributed by atoms with Crippen molar-refractivity contribution in [2.24, 2.45) is 5.92 Å². The number of likely N-dealkylation sites (tertiary alicyclic amines) is 1. The molecule has 2 saturated heterocycles. The Kier molecular flexibility index (Phi) is 7.60. The van der Waals surface area contributed by atoms with Crippen LogP contribution in [0.3, 0.4) is 0 Å². The Labute approximate surface area is 195 Å². The van der Waals surface area contributed by atoms with Gasteiger partial charge < -0.3 is 23.8 Å². The van der Waals surface area contributed by atoms with Crippen LogP contribution in [-0.4, -0.2) is 82.1 Å². The number of hydrogen-bond donors (Lipinski definition) is 1. The molecular weight excluding hydrogens is 424 g/mol. The number of nitrogens with one attached hydrogen (secondary N) is 1. The van der Waals surface area contributed by atoms with Crippen molar-refractivity contribution >= 4 is 16.9 Å². The number of anilines is 1. The number of rotatable bonds is 9. The van der Waals surface area contributed by atoms with Gasteiger partial charge >= 0.3 is 0 Å². The van der Waals surface area contributed by atoms with Crippen LogP contribution in [0.5, 0.6) is 17.2 Å². The Balaban J connectivity index is 1.44. The minimum atomic E-state index is -0.242. The molecule has 1 N–H and O–H groups in total. The molecule has 33 heavy (non-hydrogen) atoms. The molecule has 0 amide bonds. The third kappa shape index (κ3) is 4.89. The van der Waals surface area contributed by atoms with Crippen molar-refractivity contribution in [3.05, 3.63) is 16.4 Å². The lowest BCUT2D eigenvalue weighted by atomic mass is 9.93. The summed E-state index contributed by atoms with van der Waals surface area (Å²) in [6.45, 7) is 4.93. The van der Waals surface area contributed by atoms with Crippen LogP contribution in [0.1, 0.15) is 32.1 Å². The molecule has 4 rings (SSSR count). The van der Waals surface area contributed by atoms with E-state index in [1.54, 1.807) is 20.3 Å². The van der Waals surface area contributed by atoms with Crippen LogP contribution in [0.2, 0.25) is 0 Å². The standard InChI is InChI=1S/C24H36N4O5/c1-30-15-17-6-5-10-27(17)11-7-16-8-12-28(13-9-16)24-25-18-14-19(31-2)21(32-3)22(33-4)20(18)23(29)26-24/h14,16-17H,5-13,15H2,1-4H3,(H,25,26,29)/t17-/m1/s1. The maximum atomic E-state index is 13.0.